The van der Waals surface area contributed by atoms with Gasteiger partial charge in [0.1, 0.15) is 0 Å². The highest BCUT2D eigenvalue weighted by Crippen LogP contribution is 2.09. The molecule has 0 aliphatic carbocycles. The third-order valence-electron chi connectivity index (χ3n) is 1.85. The van der Waals surface area contributed by atoms with Crippen LogP contribution in [0.4, 0.5) is 0 Å². The van der Waals surface area contributed by atoms with E-state index in [-0.39, 0.29) is 0 Å². The molecule has 2 N–H and O–H groups in total. The summed E-state index contributed by atoms with van der Waals surface area (Å²) in [4.78, 5) is 4.20. The molecule has 1 heterocycles. The van der Waals surface area contributed by atoms with Crippen molar-refractivity contribution in [2.24, 2.45) is 5.73 Å². The van der Waals surface area contributed by atoms with Crippen LogP contribution >= 0.6 is 11.3 Å². The second kappa shape index (κ2) is 5.27. The van der Waals surface area contributed by atoms with Crippen molar-refractivity contribution in [3.05, 3.63) is 16.6 Å². The van der Waals surface area contributed by atoms with Crippen molar-refractivity contribution in [2.45, 2.75) is 38.6 Å². The van der Waals surface area contributed by atoms with Crippen molar-refractivity contribution in [1.29, 1.82) is 0 Å². The molecule has 1 rings (SSSR count). The fraction of sp³-hybridized carbons (Fsp3) is 0.667. The highest BCUT2D eigenvalue weighted by atomic mass is 32.1. The van der Waals surface area contributed by atoms with Crippen LogP contribution in [-0.2, 0) is 6.42 Å². The number of aromatic nitrogens is 1. The third kappa shape index (κ3) is 3.32. The number of nitrogens with two attached hydrogens (primary N) is 1. The summed E-state index contributed by atoms with van der Waals surface area (Å²) in [6.07, 6.45) is 6.36. The summed E-state index contributed by atoms with van der Waals surface area (Å²) >= 11 is 1.69. The fourth-order valence-electron chi connectivity index (χ4n) is 1.15. The van der Waals surface area contributed by atoms with Crippen LogP contribution in [0.15, 0.2) is 11.6 Å². The van der Waals surface area contributed by atoms with Gasteiger partial charge in [-0.05, 0) is 6.42 Å². The van der Waals surface area contributed by atoms with E-state index in [0.29, 0.717) is 6.04 Å². The maximum Gasteiger partial charge on any atom is 0.0940 e. The van der Waals surface area contributed by atoms with Crippen molar-refractivity contribution in [3.8, 4) is 0 Å². The van der Waals surface area contributed by atoms with Crippen LogP contribution in [0.3, 0.4) is 0 Å². The molecule has 68 valence electrons. The summed E-state index contributed by atoms with van der Waals surface area (Å²) in [6.45, 7) is 2.19. The Bertz CT molecular complexity index is 196. The largest absolute Gasteiger partial charge is 0.327 e. The topological polar surface area (TPSA) is 38.9 Å². The number of hydrogen-bond donors (Lipinski definition) is 1. The van der Waals surface area contributed by atoms with Gasteiger partial charge in [0.05, 0.1) is 5.01 Å². The molecule has 0 aromatic carbocycles. The number of rotatable bonds is 5. The van der Waals surface area contributed by atoms with Gasteiger partial charge in [0.25, 0.3) is 0 Å². The van der Waals surface area contributed by atoms with Crippen molar-refractivity contribution < 1.29 is 0 Å². The zero-order valence-electron chi connectivity index (χ0n) is 7.49. The minimum atomic E-state index is 0.302. The SMILES string of the molecule is CCCCC(N)Cc1nccs1. The zero-order chi connectivity index (χ0) is 8.81. The van der Waals surface area contributed by atoms with E-state index in [1.165, 1.54) is 17.8 Å². The first-order chi connectivity index (χ1) is 5.83. The molecule has 0 saturated carbocycles. The Morgan fingerprint density at radius 2 is 2.50 bits per heavy atom. The van der Waals surface area contributed by atoms with Gasteiger partial charge in [-0.25, -0.2) is 4.98 Å². The predicted octanol–water partition coefficient (Wildman–Crippen LogP) is 2.20. The second-order valence-electron chi connectivity index (χ2n) is 3.03. The van der Waals surface area contributed by atoms with E-state index in [9.17, 15) is 0 Å². The van der Waals surface area contributed by atoms with Gasteiger partial charge in [-0.1, -0.05) is 19.8 Å². The number of nitrogens with zero attached hydrogens (tertiary/aromatic N) is 1. The molecule has 0 aliphatic rings. The summed E-state index contributed by atoms with van der Waals surface area (Å²) in [6, 6.07) is 0.302. The molecule has 0 amide bonds. The molecule has 0 fully saturated rings. The third-order valence-corrected chi connectivity index (χ3v) is 2.65. The number of hydrogen-bond acceptors (Lipinski definition) is 3. The van der Waals surface area contributed by atoms with E-state index in [2.05, 4.69) is 11.9 Å². The first-order valence-corrected chi connectivity index (χ1v) is 5.35. The van der Waals surface area contributed by atoms with Gasteiger partial charge >= 0.3 is 0 Å². The Kier molecular flexibility index (Phi) is 4.25. The fourth-order valence-corrected chi connectivity index (χ4v) is 1.86. The van der Waals surface area contributed by atoms with Gasteiger partial charge in [-0.3, -0.25) is 0 Å². The van der Waals surface area contributed by atoms with Gasteiger partial charge in [0, 0.05) is 24.0 Å². The van der Waals surface area contributed by atoms with Crippen LogP contribution in [-0.4, -0.2) is 11.0 Å². The molecule has 1 unspecified atom stereocenters. The van der Waals surface area contributed by atoms with Crippen LogP contribution in [0.25, 0.3) is 0 Å². The van der Waals surface area contributed by atoms with E-state index in [0.717, 1.165) is 12.8 Å². The van der Waals surface area contributed by atoms with Gasteiger partial charge in [-0.15, -0.1) is 11.3 Å². The van der Waals surface area contributed by atoms with Crippen molar-refractivity contribution in [3.63, 3.8) is 0 Å². The first kappa shape index (κ1) is 9.68. The van der Waals surface area contributed by atoms with E-state index in [4.69, 9.17) is 5.73 Å². The predicted molar refractivity (Wildman–Crippen MR) is 53.3 cm³/mol. The normalized spacial score (nSPS) is 13.2. The Labute approximate surface area is 77.8 Å². The van der Waals surface area contributed by atoms with E-state index in [1.54, 1.807) is 11.3 Å². The van der Waals surface area contributed by atoms with E-state index in [1.807, 2.05) is 11.6 Å². The molecular weight excluding hydrogens is 168 g/mol. The standard InChI is InChI=1S/C9H16N2S/c1-2-3-4-8(10)7-9-11-5-6-12-9/h5-6,8H,2-4,7,10H2,1H3. The van der Waals surface area contributed by atoms with Gasteiger partial charge in [0.2, 0.25) is 0 Å². The summed E-state index contributed by atoms with van der Waals surface area (Å²) in [7, 11) is 0. The lowest BCUT2D eigenvalue weighted by molar-refractivity contribution is 0.573. The minimum Gasteiger partial charge on any atom is -0.327 e. The van der Waals surface area contributed by atoms with Crippen LogP contribution in [0.5, 0.6) is 0 Å². The molecule has 1 aromatic rings. The first-order valence-electron chi connectivity index (χ1n) is 4.47. The van der Waals surface area contributed by atoms with Gasteiger partial charge < -0.3 is 5.73 Å². The Morgan fingerprint density at radius 1 is 1.67 bits per heavy atom. The molecule has 2 nitrogen and oxygen atoms in total. The molecule has 1 aromatic heterocycles. The maximum atomic E-state index is 5.92. The maximum absolute atomic E-state index is 5.92. The van der Waals surface area contributed by atoms with Crippen molar-refractivity contribution >= 4 is 11.3 Å². The van der Waals surface area contributed by atoms with Crippen LogP contribution < -0.4 is 5.73 Å². The average molecular weight is 184 g/mol. The highest BCUT2D eigenvalue weighted by Gasteiger charge is 2.04. The minimum absolute atomic E-state index is 0.302. The molecule has 0 radical (unpaired) electrons. The van der Waals surface area contributed by atoms with Crippen molar-refractivity contribution in [2.75, 3.05) is 0 Å². The monoisotopic (exact) mass is 184 g/mol. The van der Waals surface area contributed by atoms with Crippen LogP contribution in [0, 0.1) is 0 Å². The zero-order valence-corrected chi connectivity index (χ0v) is 8.31. The van der Waals surface area contributed by atoms with Gasteiger partial charge in [-0.2, -0.15) is 0 Å². The van der Waals surface area contributed by atoms with Crippen molar-refractivity contribution in [1.82, 2.24) is 4.98 Å². The highest BCUT2D eigenvalue weighted by molar-refractivity contribution is 7.09. The molecule has 0 spiro atoms. The molecule has 12 heavy (non-hydrogen) atoms. The quantitative estimate of drug-likeness (QED) is 0.762. The van der Waals surface area contributed by atoms with E-state index < -0.39 is 0 Å². The Balaban J connectivity index is 2.22. The van der Waals surface area contributed by atoms with Crippen LogP contribution in [0.1, 0.15) is 31.2 Å². The molecule has 0 bridgehead atoms. The molecule has 0 saturated heterocycles. The summed E-state index contributed by atoms with van der Waals surface area (Å²) in [5.74, 6) is 0. The molecule has 3 heteroatoms. The average Bonchev–Trinajstić information content (AvgIpc) is 2.53. The summed E-state index contributed by atoms with van der Waals surface area (Å²) < 4.78 is 0. The van der Waals surface area contributed by atoms with E-state index >= 15 is 0 Å². The second-order valence-corrected chi connectivity index (χ2v) is 4.01. The molecule has 0 aliphatic heterocycles. The lowest BCUT2D eigenvalue weighted by Crippen LogP contribution is -2.22. The van der Waals surface area contributed by atoms with Gasteiger partial charge in [0.15, 0.2) is 0 Å². The lowest BCUT2D eigenvalue weighted by atomic mass is 10.1. The summed E-state index contributed by atoms with van der Waals surface area (Å²) in [5, 5.41) is 3.17. The smallest absolute Gasteiger partial charge is 0.0940 e. The Morgan fingerprint density at radius 3 is 3.08 bits per heavy atom. The Hall–Kier alpha value is -0.410. The molecular formula is C9H16N2S. The van der Waals surface area contributed by atoms with Crippen LogP contribution in [0.2, 0.25) is 0 Å². The lowest BCUT2D eigenvalue weighted by Gasteiger charge is -2.07. The molecule has 1 atom stereocenters. The summed E-state index contributed by atoms with van der Waals surface area (Å²) in [5.41, 5.74) is 5.92. The number of unbranched alkanes of at least 4 members (excludes halogenated alkanes) is 1. The number of thiazole rings is 1.